The van der Waals surface area contributed by atoms with E-state index in [2.05, 4.69) is 12.2 Å². The third kappa shape index (κ3) is 3.73. The van der Waals surface area contributed by atoms with Gasteiger partial charge in [0, 0.05) is 11.8 Å². The average molecular weight is 424 g/mol. The first-order chi connectivity index (χ1) is 15.7. The summed E-state index contributed by atoms with van der Waals surface area (Å²) in [6.07, 6.45) is 4.23. The number of ether oxygens (including phenoxy) is 1. The third-order valence-corrected chi connectivity index (χ3v) is 6.48. The maximum absolute atomic E-state index is 13.6. The van der Waals surface area contributed by atoms with Gasteiger partial charge in [-0.05, 0) is 23.3 Å². The molecule has 2 amide bonds. The van der Waals surface area contributed by atoms with Crippen LogP contribution in [0.1, 0.15) is 23.0 Å². The monoisotopic (exact) mass is 423 g/mol. The molecule has 4 heteroatoms. The van der Waals surface area contributed by atoms with E-state index >= 15 is 0 Å². The van der Waals surface area contributed by atoms with E-state index in [-0.39, 0.29) is 36.8 Å². The molecule has 4 atom stereocenters. The summed E-state index contributed by atoms with van der Waals surface area (Å²) in [4.78, 5) is 28.6. The fourth-order valence-corrected chi connectivity index (χ4v) is 4.99. The van der Waals surface area contributed by atoms with Gasteiger partial charge in [0.05, 0.1) is 18.4 Å². The number of carbonyl (C=O) groups is 2. The van der Waals surface area contributed by atoms with Gasteiger partial charge in [0.2, 0.25) is 11.8 Å². The van der Waals surface area contributed by atoms with Gasteiger partial charge in [0.15, 0.2) is 0 Å². The molecular formula is C28H25NO3. The van der Waals surface area contributed by atoms with Crippen molar-refractivity contribution in [2.45, 2.75) is 11.8 Å². The van der Waals surface area contributed by atoms with Crippen LogP contribution in [0.5, 0.6) is 5.75 Å². The van der Waals surface area contributed by atoms with Gasteiger partial charge in [-0.15, -0.1) is 0 Å². The van der Waals surface area contributed by atoms with E-state index in [1.165, 1.54) is 4.90 Å². The standard InChI is InChI=1S/C28H25NO3/c30-27-25-23(20-10-4-1-5-11-20)16-17-24(21-12-6-2-7-13-21)26(25)28(31)29(27)18-19-32-22-14-8-3-9-15-22/h1-17,23-26H,18-19H2/t23-,24-,25-,26+/m0/s1. The maximum Gasteiger partial charge on any atom is 0.234 e. The summed E-state index contributed by atoms with van der Waals surface area (Å²) in [6.45, 7) is 0.531. The van der Waals surface area contributed by atoms with E-state index in [9.17, 15) is 9.59 Å². The van der Waals surface area contributed by atoms with Crippen molar-refractivity contribution in [3.8, 4) is 5.75 Å². The van der Waals surface area contributed by atoms with Crippen LogP contribution in [-0.2, 0) is 9.59 Å². The number of hydrogen-bond donors (Lipinski definition) is 0. The van der Waals surface area contributed by atoms with Crippen molar-refractivity contribution in [1.29, 1.82) is 0 Å². The Hall–Kier alpha value is -3.66. The number of carbonyl (C=O) groups excluding carboxylic acids is 2. The van der Waals surface area contributed by atoms with Crippen molar-refractivity contribution >= 4 is 11.8 Å². The van der Waals surface area contributed by atoms with Crippen molar-refractivity contribution in [2.24, 2.45) is 11.8 Å². The molecule has 3 aromatic rings. The molecule has 2 aliphatic rings. The number of para-hydroxylation sites is 1. The van der Waals surface area contributed by atoms with Gasteiger partial charge in [0.25, 0.3) is 0 Å². The van der Waals surface area contributed by atoms with Gasteiger partial charge in [-0.2, -0.15) is 0 Å². The maximum atomic E-state index is 13.6. The van der Waals surface area contributed by atoms with Crippen molar-refractivity contribution in [3.63, 3.8) is 0 Å². The lowest BCUT2D eigenvalue weighted by molar-refractivity contribution is -0.140. The van der Waals surface area contributed by atoms with E-state index in [0.717, 1.165) is 16.9 Å². The first kappa shape index (κ1) is 20.3. The number of rotatable bonds is 6. The van der Waals surface area contributed by atoms with Gasteiger partial charge >= 0.3 is 0 Å². The summed E-state index contributed by atoms with van der Waals surface area (Å²) in [5, 5.41) is 0. The summed E-state index contributed by atoms with van der Waals surface area (Å²) < 4.78 is 5.78. The second-order valence-electron chi connectivity index (χ2n) is 8.30. The molecule has 0 N–H and O–H groups in total. The number of likely N-dealkylation sites (tertiary alicyclic amines) is 1. The van der Waals surface area contributed by atoms with E-state index < -0.39 is 11.8 Å². The highest BCUT2D eigenvalue weighted by atomic mass is 16.5. The van der Waals surface area contributed by atoms with Crippen LogP contribution >= 0.6 is 0 Å². The van der Waals surface area contributed by atoms with Gasteiger partial charge in [-0.3, -0.25) is 14.5 Å². The summed E-state index contributed by atoms with van der Waals surface area (Å²) in [5.74, 6) is -0.509. The molecule has 0 spiro atoms. The molecule has 5 rings (SSSR count). The van der Waals surface area contributed by atoms with Crippen LogP contribution in [0.4, 0.5) is 0 Å². The lowest BCUT2D eigenvalue weighted by atomic mass is 9.68. The highest BCUT2D eigenvalue weighted by Gasteiger charge is 2.54. The van der Waals surface area contributed by atoms with Crippen LogP contribution in [0.25, 0.3) is 0 Å². The Labute approximate surface area is 188 Å². The predicted octanol–water partition coefficient (Wildman–Crippen LogP) is 4.80. The fraction of sp³-hybridized carbons (Fsp3) is 0.214. The quantitative estimate of drug-likeness (QED) is 0.422. The highest BCUT2D eigenvalue weighted by Crippen LogP contribution is 2.49. The molecule has 4 nitrogen and oxygen atoms in total. The molecule has 0 bridgehead atoms. The normalized spacial score (nSPS) is 24.4. The minimum Gasteiger partial charge on any atom is -0.492 e. The summed E-state index contributed by atoms with van der Waals surface area (Å²) in [6, 6.07) is 29.5. The lowest BCUT2D eigenvalue weighted by Crippen LogP contribution is -2.35. The summed E-state index contributed by atoms with van der Waals surface area (Å²) in [5.41, 5.74) is 2.13. The van der Waals surface area contributed by atoms with E-state index in [1.807, 2.05) is 91.0 Å². The molecule has 1 saturated heterocycles. The number of nitrogens with zero attached hydrogens (tertiary/aromatic N) is 1. The molecule has 1 heterocycles. The Morgan fingerprint density at radius 2 is 1.06 bits per heavy atom. The van der Waals surface area contributed by atoms with Gasteiger partial charge in [-0.1, -0.05) is 91.0 Å². The lowest BCUT2D eigenvalue weighted by Gasteiger charge is -2.32. The van der Waals surface area contributed by atoms with Crippen LogP contribution in [0, 0.1) is 11.8 Å². The van der Waals surface area contributed by atoms with Crippen LogP contribution < -0.4 is 4.74 Å². The topological polar surface area (TPSA) is 46.6 Å². The minimum atomic E-state index is -0.406. The second-order valence-corrected chi connectivity index (χ2v) is 8.30. The van der Waals surface area contributed by atoms with Crippen LogP contribution in [-0.4, -0.2) is 29.9 Å². The number of fused-ring (bicyclic) bond motifs is 1. The van der Waals surface area contributed by atoms with Crippen molar-refractivity contribution < 1.29 is 14.3 Å². The number of allylic oxidation sites excluding steroid dienone is 2. The first-order valence-electron chi connectivity index (χ1n) is 11.1. The average Bonchev–Trinajstić information content (AvgIpc) is 3.11. The molecule has 0 aromatic heterocycles. The summed E-state index contributed by atoms with van der Waals surface area (Å²) >= 11 is 0. The van der Waals surface area contributed by atoms with E-state index in [0.29, 0.717) is 0 Å². The molecule has 1 aliphatic carbocycles. The molecule has 160 valence electrons. The SMILES string of the molecule is O=C1[C@@H]2[C@H](C(=O)N1CCOc1ccccc1)[C@H](c1ccccc1)C=C[C@H]2c1ccccc1. The Balaban J connectivity index is 1.44. The van der Waals surface area contributed by atoms with Crippen molar-refractivity contribution in [2.75, 3.05) is 13.2 Å². The molecule has 1 fully saturated rings. The molecule has 32 heavy (non-hydrogen) atoms. The highest BCUT2D eigenvalue weighted by molar-refractivity contribution is 6.06. The van der Waals surface area contributed by atoms with Crippen LogP contribution in [0.3, 0.4) is 0 Å². The third-order valence-electron chi connectivity index (χ3n) is 6.48. The van der Waals surface area contributed by atoms with E-state index in [1.54, 1.807) is 0 Å². The smallest absolute Gasteiger partial charge is 0.234 e. The number of amides is 2. The zero-order valence-electron chi connectivity index (χ0n) is 17.7. The Morgan fingerprint density at radius 1 is 0.625 bits per heavy atom. The molecule has 1 aliphatic heterocycles. The Kier molecular flexibility index (Phi) is 5.59. The number of hydrogen-bond acceptors (Lipinski definition) is 3. The van der Waals surface area contributed by atoms with Gasteiger partial charge in [0.1, 0.15) is 12.4 Å². The molecule has 0 saturated carbocycles. The fourth-order valence-electron chi connectivity index (χ4n) is 4.99. The second kappa shape index (κ2) is 8.83. The molecule has 0 radical (unpaired) electrons. The Morgan fingerprint density at radius 3 is 1.53 bits per heavy atom. The van der Waals surface area contributed by atoms with Gasteiger partial charge in [-0.25, -0.2) is 0 Å². The molecule has 0 unspecified atom stereocenters. The number of imide groups is 1. The predicted molar refractivity (Wildman–Crippen MR) is 123 cm³/mol. The van der Waals surface area contributed by atoms with Crippen LogP contribution in [0.15, 0.2) is 103 Å². The first-order valence-corrected chi connectivity index (χ1v) is 11.1. The van der Waals surface area contributed by atoms with Crippen molar-refractivity contribution in [3.05, 3.63) is 114 Å². The number of benzene rings is 3. The largest absolute Gasteiger partial charge is 0.492 e. The van der Waals surface area contributed by atoms with Crippen molar-refractivity contribution in [1.82, 2.24) is 4.90 Å². The van der Waals surface area contributed by atoms with E-state index in [4.69, 9.17) is 4.74 Å². The zero-order chi connectivity index (χ0) is 21.9. The van der Waals surface area contributed by atoms with Gasteiger partial charge < -0.3 is 4.74 Å². The van der Waals surface area contributed by atoms with Crippen LogP contribution in [0.2, 0.25) is 0 Å². The zero-order valence-corrected chi connectivity index (χ0v) is 17.7. The Bertz CT molecular complexity index is 1040. The summed E-state index contributed by atoms with van der Waals surface area (Å²) in [7, 11) is 0. The minimum absolute atomic E-state index is 0.101. The molecular weight excluding hydrogens is 398 g/mol. The molecule has 3 aromatic carbocycles.